The predicted octanol–water partition coefficient (Wildman–Crippen LogP) is 3.94. The summed E-state index contributed by atoms with van der Waals surface area (Å²) in [6, 6.07) is 4.77. The summed E-state index contributed by atoms with van der Waals surface area (Å²) in [6.07, 6.45) is 1.65. The molecular weight excluding hydrogens is 253 g/mol. The minimum atomic E-state index is -0.267. The molecule has 0 bridgehead atoms. The van der Waals surface area contributed by atoms with Gasteiger partial charge in [0.15, 0.2) is 0 Å². The Morgan fingerprint density at radius 3 is 2.61 bits per heavy atom. The predicted molar refractivity (Wildman–Crippen MR) is 73.5 cm³/mol. The van der Waals surface area contributed by atoms with Gasteiger partial charge >= 0.3 is 0 Å². The van der Waals surface area contributed by atoms with Crippen molar-refractivity contribution in [3.63, 3.8) is 0 Å². The molecule has 0 aromatic heterocycles. The molecule has 1 rings (SSSR count). The van der Waals surface area contributed by atoms with Gasteiger partial charge in [-0.25, -0.2) is 4.39 Å². The summed E-state index contributed by atoms with van der Waals surface area (Å²) in [6.45, 7) is 4.05. The van der Waals surface area contributed by atoms with Crippen LogP contribution in [-0.2, 0) is 4.74 Å². The van der Waals surface area contributed by atoms with E-state index in [0.29, 0.717) is 10.6 Å². The average molecular weight is 274 g/mol. The van der Waals surface area contributed by atoms with E-state index in [1.165, 1.54) is 6.07 Å². The Kier molecular flexibility index (Phi) is 5.57. The summed E-state index contributed by atoms with van der Waals surface area (Å²) in [4.78, 5) is 0. The highest BCUT2D eigenvalue weighted by Gasteiger charge is 2.21. The number of ether oxygens (including phenoxy) is 1. The van der Waals surface area contributed by atoms with Gasteiger partial charge in [0.05, 0.1) is 5.60 Å². The zero-order chi connectivity index (χ0) is 13.8. The molecule has 1 unspecified atom stereocenters. The fourth-order valence-corrected chi connectivity index (χ4v) is 1.99. The molecule has 0 aliphatic heterocycles. The molecule has 0 aliphatic rings. The zero-order valence-electron chi connectivity index (χ0n) is 11.4. The SMILES string of the molecule is CNC(CCC(C)(C)OC)c1ccc(Cl)cc1F. The maximum atomic E-state index is 13.8. The van der Waals surface area contributed by atoms with E-state index >= 15 is 0 Å². The van der Waals surface area contributed by atoms with Crippen LogP contribution in [0, 0.1) is 5.82 Å². The van der Waals surface area contributed by atoms with E-state index in [0.717, 1.165) is 12.8 Å². The zero-order valence-corrected chi connectivity index (χ0v) is 12.1. The van der Waals surface area contributed by atoms with Crippen LogP contribution in [-0.4, -0.2) is 19.8 Å². The molecule has 0 spiro atoms. The van der Waals surface area contributed by atoms with E-state index in [4.69, 9.17) is 16.3 Å². The fourth-order valence-electron chi connectivity index (χ4n) is 1.83. The Labute approximate surface area is 113 Å². The van der Waals surface area contributed by atoms with Crippen LogP contribution in [0.1, 0.15) is 38.3 Å². The van der Waals surface area contributed by atoms with Gasteiger partial charge < -0.3 is 10.1 Å². The van der Waals surface area contributed by atoms with Gasteiger partial charge in [0.2, 0.25) is 0 Å². The van der Waals surface area contributed by atoms with Gasteiger partial charge in [0, 0.05) is 23.7 Å². The second kappa shape index (κ2) is 6.50. The van der Waals surface area contributed by atoms with E-state index in [-0.39, 0.29) is 17.5 Å². The van der Waals surface area contributed by atoms with Crippen LogP contribution in [0.25, 0.3) is 0 Å². The van der Waals surface area contributed by atoms with Crippen LogP contribution in [0.3, 0.4) is 0 Å². The molecule has 1 aromatic rings. The Hall–Kier alpha value is -0.640. The van der Waals surface area contributed by atoms with Crippen LogP contribution in [0.15, 0.2) is 18.2 Å². The molecule has 0 radical (unpaired) electrons. The standard InChI is InChI=1S/C14H21ClFNO/c1-14(2,18-4)8-7-13(17-3)11-6-5-10(15)9-12(11)16/h5-6,9,13,17H,7-8H2,1-4H3. The van der Waals surface area contributed by atoms with Gasteiger partial charge in [-0.05, 0) is 45.9 Å². The molecule has 4 heteroatoms. The van der Waals surface area contributed by atoms with Crippen molar-refractivity contribution in [1.29, 1.82) is 0 Å². The Balaban J connectivity index is 2.77. The van der Waals surface area contributed by atoms with E-state index in [2.05, 4.69) is 5.32 Å². The molecule has 0 heterocycles. The average Bonchev–Trinajstić information content (AvgIpc) is 2.32. The van der Waals surface area contributed by atoms with Gasteiger partial charge in [0.1, 0.15) is 5.82 Å². The molecule has 0 saturated carbocycles. The van der Waals surface area contributed by atoms with Gasteiger partial charge in [-0.1, -0.05) is 17.7 Å². The summed E-state index contributed by atoms with van der Waals surface area (Å²) in [5.41, 5.74) is 0.451. The molecule has 0 fully saturated rings. The van der Waals surface area contributed by atoms with Crippen LogP contribution in [0.2, 0.25) is 5.02 Å². The minimum Gasteiger partial charge on any atom is -0.379 e. The van der Waals surface area contributed by atoms with Gasteiger partial charge in [-0.3, -0.25) is 0 Å². The molecule has 1 atom stereocenters. The maximum absolute atomic E-state index is 13.8. The van der Waals surface area contributed by atoms with Crippen molar-refractivity contribution in [2.24, 2.45) is 0 Å². The Bertz CT molecular complexity index is 395. The highest BCUT2D eigenvalue weighted by molar-refractivity contribution is 6.30. The van der Waals surface area contributed by atoms with E-state index in [9.17, 15) is 4.39 Å². The van der Waals surface area contributed by atoms with Crippen molar-refractivity contribution in [2.75, 3.05) is 14.2 Å². The largest absolute Gasteiger partial charge is 0.379 e. The lowest BCUT2D eigenvalue weighted by Gasteiger charge is -2.26. The van der Waals surface area contributed by atoms with Crippen LogP contribution < -0.4 is 5.32 Å². The normalized spacial score (nSPS) is 13.7. The first kappa shape index (κ1) is 15.4. The van der Waals surface area contributed by atoms with Crippen LogP contribution >= 0.6 is 11.6 Å². The topological polar surface area (TPSA) is 21.3 Å². The first-order valence-corrected chi connectivity index (χ1v) is 6.45. The quantitative estimate of drug-likeness (QED) is 0.847. The number of halogens is 2. The third-order valence-corrected chi connectivity index (χ3v) is 3.51. The number of hydrogen-bond donors (Lipinski definition) is 1. The Morgan fingerprint density at radius 1 is 1.44 bits per heavy atom. The summed E-state index contributed by atoms with van der Waals surface area (Å²) in [5, 5.41) is 3.56. The van der Waals surface area contributed by atoms with Crippen molar-refractivity contribution in [3.05, 3.63) is 34.6 Å². The number of methoxy groups -OCH3 is 1. The molecule has 18 heavy (non-hydrogen) atoms. The van der Waals surface area contributed by atoms with Gasteiger partial charge in [-0.2, -0.15) is 0 Å². The summed E-state index contributed by atoms with van der Waals surface area (Å²) < 4.78 is 19.2. The summed E-state index contributed by atoms with van der Waals surface area (Å²) in [5.74, 6) is -0.267. The van der Waals surface area contributed by atoms with Crippen molar-refractivity contribution >= 4 is 11.6 Å². The van der Waals surface area contributed by atoms with E-state index in [1.807, 2.05) is 20.9 Å². The molecule has 0 saturated heterocycles. The molecule has 0 amide bonds. The van der Waals surface area contributed by atoms with Gasteiger partial charge in [0.25, 0.3) is 0 Å². The monoisotopic (exact) mass is 273 g/mol. The molecule has 0 aliphatic carbocycles. The number of hydrogen-bond acceptors (Lipinski definition) is 2. The first-order chi connectivity index (χ1) is 8.39. The smallest absolute Gasteiger partial charge is 0.129 e. The highest BCUT2D eigenvalue weighted by atomic mass is 35.5. The molecule has 1 N–H and O–H groups in total. The molecular formula is C14H21ClFNO. The lowest BCUT2D eigenvalue weighted by atomic mass is 9.94. The second-order valence-electron chi connectivity index (χ2n) is 5.01. The molecule has 102 valence electrons. The third-order valence-electron chi connectivity index (χ3n) is 3.27. The molecule has 2 nitrogen and oxygen atoms in total. The van der Waals surface area contributed by atoms with Crippen molar-refractivity contribution < 1.29 is 9.13 Å². The van der Waals surface area contributed by atoms with Crippen molar-refractivity contribution in [2.45, 2.75) is 38.3 Å². The Morgan fingerprint density at radius 2 is 2.11 bits per heavy atom. The van der Waals surface area contributed by atoms with Crippen molar-refractivity contribution in [3.8, 4) is 0 Å². The van der Waals surface area contributed by atoms with Crippen LogP contribution in [0.4, 0.5) is 4.39 Å². The lowest BCUT2D eigenvalue weighted by molar-refractivity contribution is 0.0117. The lowest BCUT2D eigenvalue weighted by Crippen LogP contribution is -2.26. The molecule has 1 aromatic carbocycles. The third kappa shape index (κ3) is 4.23. The minimum absolute atomic E-state index is 0.0308. The number of nitrogens with one attached hydrogen (secondary N) is 1. The van der Waals surface area contributed by atoms with Crippen molar-refractivity contribution in [1.82, 2.24) is 5.32 Å². The number of benzene rings is 1. The van der Waals surface area contributed by atoms with E-state index < -0.39 is 0 Å². The van der Waals surface area contributed by atoms with Gasteiger partial charge in [-0.15, -0.1) is 0 Å². The highest BCUT2D eigenvalue weighted by Crippen LogP contribution is 2.27. The van der Waals surface area contributed by atoms with Crippen LogP contribution in [0.5, 0.6) is 0 Å². The number of rotatable bonds is 6. The first-order valence-electron chi connectivity index (χ1n) is 6.07. The second-order valence-corrected chi connectivity index (χ2v) is 5.45. The summed E-state index contributed by atoms with van der Waals surface area (Å²) in [7, 11) is 3.52. The fraction of sp³-hybridized carbons (Fsp3) is 0.571. The summed E-state index contributed by atoms with van der Waals surface area (Å²) >= 11 is 5.76. The maximum Gasteiger partial charge on any atom is 0.129 e. The van der Waals surface area contributed by atoms with E-state index in [1.54, 1.807) is 19.2 Å².